The number of nitrogens with one attached hydrogen (secondary N) is 2. The normalized spacial score (nSPS) is 10.2. The van der Waals surface area contributed by atoms with Crippen LogP contribution in [0.1, 0.15) is 12.5 Å². The molecule has 22 heavy (non-hydrogen) atoms. The van der Waals surface area contributed by atoms with E-state index in [1.807, 2.05) is 36.4 Å². The van der Waals surface area contributed by atoms with Crippen molar-refractivity contribution in [1.82, 2.24) is 0 Å². The molecule has 0 aliphatic rings. The zero-order valence-corrected chi connectivity index (χ0v) is 15.4. The second kappa shape index (κ2) is 7.65. The van der Waals surface area contributed by atoms with Crippen LogP contribution >= 0.6 is 31.9 Å². The minimum Gasteiger partial charge on any atom is -0.495 e. The second-order valence-electron chi connectivity index (χ2n) is 4.69. The molecule has 0 aromatic heterocycles. The number of hydrogen-bond acceptors (Lipinski definition) is 3. The van der Waals surface area contributed by atoms with E-state index in [0.29, 0.717) is 6.54 Å². The van der Waals surface area contributed by atoms with Gasteiger partial charge in [0.05, 0.1) is 11.6 Å². The van der Waals surface area contributed by atoms with Crippen LogP contribution in [-0.4, -0.2) is 13.0 Å². The van der Waals surface area contributed by atoms with E-state index < -0.39 is 0 Å². The van der Waals surface area contributed by atoms with E-state index in [2.05, 4.69) is 42.5 Å². The molecule has 2 aromatic rings. The minimum absolute atomic E-state index is 0.0792. The quantitative estimate of drug-likeness (QED) is 0.721. The molecule has 4 nitrogen and oxygen atoms in total. The lowest BCUT2D eigenvalue weighted by Crippen LogP contribution is -2.06. The van der Waals surface area contributed by atoms with E-state index in [4.69, 9.17) is 4.74 Å². The molecule has 0 aliphatic heterocycles. The molecule has 0 unspecified atom stereocenters. The summed E-state index contributed by atoms with van der Waals surface area (Å²) in [5, 5.41) is 6.08. The number of hydrogen-bond donors (Lipinski definition) is 2. The Bertz CT molecular complexity index is 673. The molecule has 116 valence electrons. The average Bonchev–Trinajstić information content (AvgIpc) is 2.45. The summed E-state index contributed by atoms with van der Waals surface area (Å²) in [6.07, 6.45) is 0. The van der Waals surface area contributed by atoms with Gasteiger partial charge in [-0.1, -0.05) is 15.9 Å². The number of carbonyl (C=O) groups excluding carboxylic acids is 1. The fourth-order valence-electron chi connectivity index (χ4n) is 2.05. The van der Waals surface area contributed by atoms with Gasteiger partial charge in [0.15, 0.2) is 0 Å². The highest BCUT2D eigenvalue weighted by Crippen LogP contribution is 2.33. The molecule has 0 saturated heterocycles. The molecule has 0 fully saturated rings. The van der Waals surface area contributed by atoms with Crippen molar-refractivity contribution in [2.75, 3.05) is 17.7 Å². The zero-order chi connectivity index (χ0) is 16.1. The predicted molar refractivity (Wildman–Crippen MR) is 96.5 cm³/mol. The van der Waals surface area contributed by atoms with Gasteiger partial charge in [-0.15, -0.1) is 0 Å². The van der Waals surface area contributed by atoms with Crippen molar-refractivity contribution in [1.29, 1.82) is 0 Å². The van der Waals surface area contributed by atoms with Crippen molar-refractivity contribution in [2.24, 2.45) is 0 Å². The third kappa shape index (κ3) is 4.48. The van der Waals surface area contributed by atoms with Gasteiger partial charge in [0.2, 0.25) is 5.91 Å². The maximum atomic E-state index is 11.0. The summed E-state index contributed by atoms with van der Waals surface area (Å²) in [6.45, 7) is 2.12. The molecule has 0 bridgehead atoms. The summed E-state index contributed by atoms with van der Waals surface area (Å²) in [4.78, 5) is 11.0. The van der Waals surface area contributed by atoms with Gasteiger partial charge in [0.25, 0.3) is 0 Å². The van der Waals surface area contributed by atoms with E-state index >= 15 is 0 Å². The number of carbonyl (C=O) groups is 1. The maximum Gasteiger partial charge on any atom is 0.221 e. The van der Waals surface area contributed by atoms with Crippen molar-refractivity contribution >= 4 is 49.1 Å². The fraction of sp³-hybridized carbons (Fsp3) is 0.188. The number of benzene rings is 2. The van der Waals surface area contributed by atoms with Crippen molar-refractivity contribution in [3.63, 3.8) is 0 Å². The highest BCUT2D eigenvalue weighted by molar-refractivity contribution is 9.11. The Morgan fingerprint density at radius 2 is 1.77 bits per heavy atom. The SMILES string of the molecule is COc1c(Br)cc(Br)cc1CNc1ccc(NC(C)=O)cc1. The number of rotatable bonds is 5. The Balaban J connectivity index is 2.08. The summed E-state index contributed by atoms with van der Waals surface area (Å²) >= 11 is 6.98. The van der Waals surface area contributed by atoms with Gasteiger partial charge in [-0.2, -0.15) is 0 Å². The van der Waals surface area contributed by atoms with Crippen LogP contribution in [0.15, 0.2) is 45.3 Å². The monoisotopic (exact) mass is 426 g/mol. The molecular formula is C16H16Br2N2O2. The Morgan fingerprint density at radius 1 is 1.14 bits per heavy atom. The van der Waals surface area contributed by atoms with Crippen molar-refractivity contribution in [2.45, 2.75) is 13.5 Å². The molecule has 0 atom stereocenters. The molecule has 0 heterocycles. The summed E-state index contributed by atoms with van der Waals surface area (Å²) in [7, 11) is 1.65. The van der Waals surface area contributed by atoms with Gasteiger partial charge < -0.3 is 15.4 Å². The van der Waals surface area contributed by atoms with Gasteiger partial charge in [-0.25, -0.2) is 0 Å². The van der Waals surface area contributed by atoms with Crippen LogP contribution in [0.5, 0.6) is 5.75 Å². The number of ether oxygens (including phenoxy) is 1. The third-order valence-corrected chi connectivity index (χ3v) is 4.02. The van der Waals surface area contributed by atoms with Crippen LogP contribution in [0, 0.1) is 0 Å². The zero-order valence-electron chi connectivity index (χ0n) is 12.2. The minimum atomic E-state index is -0.0792. The largest absolute Gasteiger partial charge is 0.495 e. The highest BCUT2D eigenvalue weighted by Gasteiger charge is 2.09. The molecule has 2 rings (SSSR count). The predicted octanol–water partition coefficient (Wildman–Crippen LogP) is 4.79. The smallest absolute Gasteiger partial charge is 0.221 e. The third-order valence-electron chi connectivity index (χ3n) is 2.98. The first-order valence-corrected chi connectivity index (χ1v) is 8.21. The maximum absolute atomic E-state index is 11.0. The molecule has 0 saturated carbocycles. The first kappa shape index (κ1) is 16.8. The Hall–Kier alpha value is -1.53. The molecule has 0 spiro atoms. The van der Waals surface area contributed by atoms with Crippen LogP contribution in [0.4, 0.5) is 11.4 Å². The first-order valence-electron chi connectivity index (χ1n) is 6.63. The van der Waals surface area contributed by atoms with E-state index in [1.54, 1.807) is 7.11 Å². The van der Waals surface area contributed by atoms with Gasteiger partial charge in [0.1, 0.15) is 5.75 Å². The molecule has 6 heteroatoms. The summed E-state index contributed by atoms with van der Waals surface area (Å²) in [5.41, 5.74) is 2.78. The topological polar surface area (TPSA) is 50.4 Å². The number of methoxy groups -OCH3 is 1. The lowest BCUT2D eigenvalue weighted by atomic mass is 10.2. The first-order chi connectivity index (χ1) is 10.5. The average molecular weight is 428 g/mol. The summed E-state index contributed by atoms with van der Waals surface area (Å²) in [5.74, 6) is 0.731. The van der Waals surface area contributed by atoms with E-state index in [1.165, 1.54) is 6.92 Å². The van der Waals surface area contributed by atoms with Crippen LogP contribution in [0.2, 0.25) is 0 Å². The van der Waals surface area contributed by atoms with Crippen LogP contribution < -0.4 is 15.4 Å². The number of anilines is 2. The number of halogens is 2. The second-order valence-corrected chi connectivity index (χ2v) is 6.46. The van der Waals surface area contributed by atoms with Crippen LogP contribution in [0.25, 0.3) is 0 Å². The van der Waals surface area contributed by atoms with Gasteiger partial charge in [0, 0.05) is 34.9 Å². The molecule has 2 N–H and O–H groups in total. The van der Waals surface area contributed by atoms with Crippen LogP contribution in [0.3, 0.4) is 0 Å². The standard InChI is InChI=1S/C16H16Br2N2O2/c1-10(21)20-14-5-3-13(4-6-14)19-9-11-7-12(17)8-15(18)16(11)22-2/h3-8,19H,9H2,1-2H3,(H,20,21). The summed E-state index contributed by atoms with van der Waals surface area (Å²) < 4.78 is 7.32. The highest BCUT2D eigenvalue weighted by atomic mass is 79.9. The lowest BCUT2D eigenvalue weighted by Gasteiger charge is -2.13. The number of amides is 1. The lowest BCUT2D eigenvalue weighted by molar-refractivity contribution is -0.114. The Kier molecular flexibility index (Phi) is 5.85. The Labute approximate surface area is 146 Å². The molecule has 0 aliphatic carbocycles. The molecule has 2 aromatic carbocycles. The van der Waals surface area contributed by atoms with Crippen molar-refractivity contribution in [3.05, 3.63) is 50.9 Å². The van der Waals surface area contributed by atoms with Crippen molar-refractivity contribution < 1.29 is 9.53 Å². The molecule has 0 radical (unpaired) electrons. The van der Waals surface area contributed by atoms with E-state index in [-0.39, 0.29) is 5.91 Å². The van der Waals surface area contributed by atoms with E-state index in [0.717, 1.165) is 31.6 Å². The fourth-order valence-corrected chi connectivity index (χ4v) is 3.52. The van der Waals surface area contributed by atoms with Gasteiger partial charge >= 0.3 is 0 Å². The van der Waals surface area contributed by atoms with Gasteiger partial charge in [-0.05, 0) is 52.3 Å². The van der Waals surface area contributed by atoms with E-state index in [9.17, 15) is 4.79 Å². The van der Waals surface area contributed by atoms with Crippen LogP contribution in [-0.2, 0) is 11.3 Å². The Morgan fingerprint density at radius 3 is 2.36 bits per heavy atom. The molecular weight excluding hydrogens is 412 g/mol. The van der Waals surface area contributed by atoms with Gasteiger partial charge in [-0.3, -0.25) is 4.79 Å². The molecule has 1 amide bonds. The van der Waals surface area contributed by atoms with Crippen molar-refractivity contribution in [3.8, 4) is 5.75 Å². The summed E-state index contributed by atoms with van der Waals surface area (Å²) in [6, 6.07) is 11.5.